The minimum Gasteiger partial charge on any atom is -0.348 e. The van der Waals surface area contributed by atoms with Gasteiger partial charge in [0.2, 0.25) is 0 Å². The summed E-state index contributed by atoms with van der Waals surface area (Å²) in [5.74, 6) is 0.749. The summed E-state index contributed by atoms with van der Waals surface area (Å²) in [6.07, 6.45) is 9.17. The largest absolute Gasteiger partial charge is 0.348 e. The number of nitrogens with one attached hydrogen (secondary N) is 1. The second kappa shape index (κ2) is 6.91. The van der Waals surface area contributed by atoms with Gasteiger partial charge in [-0.3, -0.25) is 9.36 Å². The van der Waals surface area contributed by atoms with Crippen molar-refractivity contribution < 1.29 is 4.79 Å². The highest BCUT2D eigenvalue weighted by molar-refractivity contribution is 5.92. The summed E-state index contributed by atoms with van der Waals surface area (Å²) in [7, 11) is 3.31. The van der Waals surface area contributed by atoms with E-state index in [0.717, 1.165) is 31.8 Å². The molecule has 128 valence electrons. The third kappa shape index (κ3) is 3.68. The summed E-state index contributed by atoms with van der Waals surface area (Å²) in [6.45, 7) is 3.36. The fourth-order valence-electron chi connectivity index (χ4n) is 3.95. The number of rotatable bonds is 4. The van der Waals surface area contributed by atoms with Gasteiger partial charge in [-0.25, -0.2) is 4.79 Å². The molecule has 0 aromatic carbocycles. The first-order valence-electron chi connectivity index (χ1n) is 8.80. The maximum atomic E-state index is 12.4. The lowest BCUT2D eigenvalue weighted by molar-refractivity contribution is 0.0897. The predicted molar refractivity (Wildman–Crippen MR) is 89.5 cm³/mol. The molecule has 1 saturated carbocycles. The molecule has 1 aliphatic carbocycles. The third-order valence-electron chi connectivity index (χ3n) is 5.41. The van der Waals surface area contributed by atoms with Crippen LogP contribution in [-0.2, 0) is 14.1 Å². The molecule has 1 N–H and O–H groups in total. The van der Waals surface area contributed by atoms with Crippen LogP contribution >= 0.6 is 0 Å². The van der Waals surface area contributed by atoms with Crippen molar-refractivity contribution in [1.29, 1.82) is 0 Å². The van der Waals surface area contributed by atoms with E-state index in [1.807, 2.05) is 0 Å². The number of nitrogens with zero attached hydrogens (tertiary/aromatic N) is 3. The second-order valence-electron chi connectivity index (χ2n) is 7.17. The van der Waals surface area contributed by atoms with Crippen LogP contribution in [0.4, 0.5) is 0 Å². The Morgan fingerprint density at radius 3 is 2.39 bits per heavy atom. The first-order valence-corrected chi connectivity index (χ1v) is 8.80. The summed E-state index contributed by atoms with van der Waals surface area (Å²) in [5, 5.41) is 3.09. The molecule has 1 aromatic rings. The molecule has 23 heavy (non-hydrogen) atoms. The average Bonchev–Trinajstić information content (AvgIpc) is 3.13. The van der Waals surface area contributed by atoms with Crippen molar-refractivity contribution in [1.82, 2.24) is 19.4 Å². The van der Waals surface area contributed by atoms with Crippen molar-refractivity contribution in [2.24, 2.45) is 20.0 Å². The normalized spacial score (nSPS) is 21.0. The molecule has 2 fully saturated rings. The number of hydrogen-bond acceptors (Lipinski definition) is 3. The molecule has 1 aliphatic heterocycles. The number of amides is 1. The van der Waals surface area contributed by atoms with E-state index in [9.17, 15) is 9.59 Å². The predicted octanol–water partition coefficient (Wildman–Crippen LogP) is 1.11. The molecule has 2 aliphatic rings. The zero-order valence-electron chi connectivity index (χ0n) is 14.3. The van der Waals surface area contributed by atoms with Crippen LogP contribution in [0.5, 0.6) is 0 Å². The highest BCUT2D eigenvalue weighted by Crippen LogP contribution is 2.26. The van der Waals surface area contributed by atoms with Gasteiger partial charge in [0.05, 0.1) is 0 Å². The van der Waals surface area contributed by atoms with E-state index in [-0.39, 0.29) is 17.6 Å². The van der Waals surface area contributed by atoms with Gasteiger partial charge in [-0.1, -0.05) is 12.8 Å². The molecule has 0 atom stereocenters. The fraction of sp³-hybridized carbons (Fsp3) is 0.765. The number of imidazole rings is 1. The molecule has 1 saturated heterocycles. The van der Waals surface area contributed by atoms with Crippen molar-refractivity contribution in [3.05, 3.63) is 22.4 Å². The topological polar surface area (TPSA) is 59.3 Å². The van der Waals surface area contributed by atoms with Crippen molar-refractivity contribution in [2.75, 3.05) is 19.6 Å². The van der Waals surface area contributed by atoms with Gasteiger partial charge in [0.25, 0.3) is 5.91 Å². The number of carbonyl (C=O) groups excluding carboxylic acids is 1. The zero-order valence-corrected chi connectivity index (χ0v) is 14.3. The summed E-state index contributed by atoms with van der Waals surface area (Å²) in [4.78, 5) is 26.6. The Morgan fingerprint density at radius 1 is 1.17 bits per heavy atom. The Balaban J connectivity index is 1.49. The standard InChI is InChI=1S/C17H28N4O2/c1-19-12-15(20(2)17(19)23)16(22)18-14-7-9-21(10-8-14)11-13-5-3-4-6-13/h12-14H,3-11H2,1-2H3,(H,18,22). The Bertz CT molecular complexity index is 605. The van der Waals surface area contributed by atoms with E-state index in [1.165, 1.54) is 41.4 Å². The van der Waals surface area contributed by atoms with Crippen molar-refractivity contribution >= 4 is 5.91 Å². The number of aromatic nitrogens is 2. The van der Waals surface area contributed by atoms with Crippen LogP contribution in [0.25, 0.3) is 0 Å². The molecule has 6 heteroatoms. The SMILES string of the molecule is Cn1cc(C(=O)NC2CCN(CC3CCCC3)CC2)n(C)c1=O. The minimum absolute atomic E-state index is 0.139. The van der Waals surface area contributed by atoms with Gasteiger partial charge in [-0.05, 0) is 31.6 Å². The molecular formula is C17H28N4O2. The summed E-state index contributed by atoms with van der Waals surface area (Å²) in [5.41, 5.74) is 0.271. The Kier molecular flexibility index (Phi) is 4.90. The van der Waals surface area contributed by atoms with E-state index < -0.39 is 0 Å². The van der Waals surface area contributed by atoms with Gasteiger partial charge < -0.3 is 14.8 Å². The Hall–Kier alpha value is -1.56. The number of piperidine rings is 1. The lowest BCUT2D eigenvalue weighted by Crippen LogP contribution is -2.46. The van der Waals surface area contributed by atoms with Gasteiger partial charge in [0, 0.05) is 46.0 Å². The monoisotopic (exact) mass is 320 g/mol. The Labute approximate surface area is 137 Å². The Morgan fingerprint density at radius 2 is 1.83 bits per heavy atom. The zero-order chi connectivity index (χ0) is 16.4. The lowest BCUT2D eigenvalue weighted by atomic mass is 10.0. The van der Waals surface area contributed by atoms with Crippen LogP contribution in [0, 0.1) is 5.92 Å². The van der Waals surface area contributed by atoms with Crippen LogP contribution in [0.1, 0.15) is 49.0 Å². The van der Waals surface area contributed by atoms with E-state index >= 15 is 0 Å². The van der Waals surface area contributed by atoms with Crippen molar-refractivity contribution in [3.8, 4) is 0 Å². The molecule has 0 unspecified atom stereocenters. The highest BCUT2D eigenvalue weighted by atomic mass is 16.2. The quantitative estimate of drug-likeness (QED) is 0.904. The molecule has 0 radical (unpaired) electrons. The van der Waals surface area contributed by atoms with E-state index in [0.29, 0.717) is 5.69 Å². The van der Waals surface area contributed by atoms with Crippen LogP contribution in [-0.4, -0.2) is 45.6 Å². The second-order valence-corrected chi connectivity index (χ2v) is 7.17. The molecule has 0 bridgehead atoms. The van der Waals surface area contributed by atoms with Gasteiger partial charge in [0.1, 0.15) is 5.69 Å². The summed E-state index contributed by atoms with van der Waals surface area (Å²) >= 11 is 0. The smallest absolute Gasteiger partial charge is 0.328 e. The molecule has 3 rings (SSSR count). The number of likely N-dealkylation sites (tertiary alicyclic amines) is 1. The highest BCUT2D eigenvalue weighted by Gasteiger charge is 2.25. The van der Waals surface area contributed by atoms with Crippen LogP contribution < -0.4 is 11.0 Å². The third-order valence-corrected chi connectivity index (χ3v) is 5.41. The van der Waals surface area contributed by atoms with Gasteiger partial charge in [-0.15, -0.1) is 0 Å². The molecule has 1 amide bonds. The first kappa shape index (κ1) is 16.3. The van der Waals surface area contributed by atoms with Gasteiger partial charge in [0.15, 0.2) is 0 Å². The summed E-state index contributed by atoms with van der Waals surface area (Å²) < 4.78 is 2.85. The van der Waals surface area contributed by atoms with Crippen molar-refractivity contribution in [3.63, 3.8) is 0 Å². The lowest BCUT2D eigenvalue weighted by Gasteiger charge is -2.33. The van der Waals surface area contributed by atoms with E-state index in [2.05, 4.69) is 10.2 Å². The minimum atomic E-state index is -0.165. The fourth-order valence-corrected chi connectivity index (χ4v) is 3.95. The molecule has 0 spiro atoms. The average molecular weight is 320 g/mol. The van der Waals surface area contributed by atoms with Gasteiger partial charge >= 0.3 is 5.69 Å². The summed E-state index contributed by atoms with van der Waals surface area (Å²) in [6, 6.07) is 0.220. The number of hydrogen-bond donors (Lipinski definition) is 1. The molecule has 1 aromatic heterocycles. The number of aryl methyl sites for hydroxylation is 1. The van der Waals surface area contributed by atoms with Crippen molar-refractivity contribution in [2.45, 2.75) is 44.6 Å². The van der Waals surface area contributed by atoms with Crippen LogP contribution in [0.3, 0.4) is 0 Å². The molecule has 2 heterocycles. The van der Waals surface area contributed by atoms with Gasteiger partial charge in [-0.2, -0.15) is 0 Å². The number of carbonyl (C=O) groups is 1. The first-order chi connectivity index (χ1) is 11.0. The van der Waals surface area contributed by atoms with Crippen LogP contribution in [0.15, 0.2) is 11.0 Å². The van der Waals surface area contributed by atoms with E-state index in [1.54, 1.807) is 20.3 Å². The maximum absolute atomic E-state index is 12.4. The molecular weight excluding hydrogens is 292 g/mol. The maximum Gasteiger partial charge on any atom is 0.328 e. The van der Waals surface area contributed by atoms with E-state index in [4.69, 9.17) is 0 Å². The molecule has 6 nitrogen and oxygen atoms in total. The van der Waals surface area contributed by atoms with Crippen LogP contribution in [0.2, 0.25) is 0 Å².